The highest BCUT2D eigenvalue weighted by Gasteiger charge is 2.45. The first-order valence-electron chi connectivity index (χ1n) is 24.8. The largest absolute Gasteiger partial charge is 0.493 e. The van der Waals surface area contributed by atoms with Gasteiger partial charge in [0, 0.05) is 50.7 Å². The zero-order chi connectivity index (χ0) is 47.3. The van der Waals surface area contributed by atoms with E-state index in [4.69, 9.17) is 43.0 Å². The molecule has 4 aliphatic heterocycles. The zero-order valence-corrected chi connectivity index (χ0v) is 40.8. The van der Waals surface area contributed by atoms with Crippen LogP contribution in [0.15, 0.2) is 78.6 Å². The van der Waals surface area contributed by atoms with E-state index in [1.165, 1.54) is 44.5 Å². The Morgan fingerprint density at radius 3 is 2.13 bits per heavy atom. The molecule has 364 valence electrons. The molecule has 4 aromatic rings. The number of amides is 1. The lowest BCUT2D eigenvalue weighted by Gasteiger charge is -2.49. The number of methoxy groups -OCH3 is 4. The number of rotatable bonds is 19. The molecule has 68 heavy (non-hydrogen) atoms. The molecule has 12 heteroatoms. The predicted molar refractivity (Wildman–Crippen MR) is 261 cm³/mol. The molecule has 4 aromatic carbocycles. The van der Waals surface area contributed by atoms with Crippen LogP contribution in [0.2, 0.25) is 0 Å². The van der Waals surface area contributed by atoms with Gasteiger partial charge in [0.2, 0.25) is 6.29 Å². The third-order valence-corrected chi connectivity index (χ3v) is 15.5. The lowest BCUT2D eigenvalue weighted by molar-refractivity contribution is -0.173. The maximum absolute atomic E-state index is 15.7. The van der Waals surface area contributed by atoms with Crippen LogP contribution in [0, 0.1) is 17.8 Å². The van der Waals surface area contributed by atoms with Gasteiger partial charge in [-0.15, -0.1) is 0 Å². The highest BCUT2D eigenvalue weighted by atomic mass is 16.7. The number of nitrogens with zero attached hydrogens (tertiary/aromatic N) is 2. The number of aliphatic hydroxyl groups excluding tert-OH is 1. The smallest absolute Gasteiger partial charge is 0.289 e. The molecule has 9 rings (SSSR count). The van der Waals surface area contributed by atoms with Gasteiger partial charge in [-0.25, -0.2) is 0 Å². The molecule has 0 unspecified atom stereocenters. The fourth-order valence-electron chi connectivity index (χ4n) is 12.1. The van der Waals surface area contributed by atoms with E-state index in [2.05, 4.69) is 89.5 Å². The van der Waals surface area contributed by atoms with Crippen LogP contribution < -0.4 is 18.9 Å². The van der Waals surface area contributed by atoms with E-state index in [0.29, 0.717) is 74.9 Å². The van der Waals surface area contributed by atoms with Crippen LogP contribution in [0.4, 0.5) is 0 Å². The van der Waals surface area contributed by atoms with Crippen LogP contribution in [0.3, 0.4) is 0 Å². The molecule has 0 spiro atoms. The summed E-state index contributed by atoms with van der Waals surface area (Å²) in [7, 11) is 6.77. The van der Waals surface area contributed by atoms with Crippen molar-refractivity contribution in [3.8, 4) is 34.1 Å². The molecule has 1 amide bonds. The molecule has 7 atom stereocenters. The van der Waals surface area contributed by atoms with Crippen LogP contribution in [-0.2, 0) is 43.0 Å². The van der Waals surface area contributed by atoms with Gasteiger partial charge in [-0.3, -0.25) is 9.69 Å². The third kappa shape index (κ3) is 9.47. The van der Waals surface area contributed by atoms with E-state index in [1.807, 2.05) is 6.92 Å². The van der Waals surface area contributed by atoms with Crippen molar-refractivity contribution >= 4 is 5.91 Å². The number of ether oxygens (including phenoxy) is 8. The molecule has 1 saturated heterocycles. The first-order chi connectivity index (χ1) is 33.3. The second-order valence-electron chi connectivity index (χ2n) is 18.8. The van der Waals surface area contributed by atoms with Gasteiger partial charge >= 0.3 is 0 Å². The van der Waals surface area contributed by atoms with Gasteiger partial charge in [-0.1, -0.05) is 55.8 Å². The quantitative estimate of drug-likeness (QED) is 0.0801. The number of hydrogen-bond acceptors (Lipinski definition) is 11. The van der Waals surface area contributed by atoms with E-state index in [1.54, 1.807) is 28.4 Å². The molecular weight excluding hydrogens is 861 g/mol. The van der Waals surface area contributed by atoms with E-state index in [0.717, 1.165) is 62.3 Å². The topological polar surface area (TPSA) is 118 Å². The van der Waals surface area contributed by atoms with Gasteiger partial charge < -0.3 is 47.9 Å². The molecular formula is C56H70N2O10. The average molecular weight is 931 g/mol. The van der Waals surface area contributed by atoms with Crippen molar-refractivity contribution in [3.63, 3.8) is 0 Å². The minimum Gasteiger partial charge on any atom is -0.493 e. The summed E-state index contributed by atoms with van der Waals surface area (Å²) in [6.07, 6.45) is 7.32. The molecule has 0 aromatic heterocycles. The number of fused-ring (bicyclic) bond motifs is 7. The Kier molecular flexibility index (Phi) is 15.3. The first-order valence-corrected chi connectivity index (χ1v) is 24.8. The van der Waals surface area contributed by atoms with Crippen molar-refractivity contribution in [1.29, 1.82) is 0 Å². The van der Waals surface area contributed by atoms with E-state index in [-0.39, 0.29) is 43.0 Å². The molecule has 0 saturated carbocycles. The summed E-state index contributed by atoms with van der Waals surface area (Å²) in [5.74, 6) is 3.52. The number of aliphatic hydroxyl groups is 1. The Hall–Kier alpha value is -5.11. The summed E-state index contributed by atoms with van der Waals surface area (Å²) in [4.78, 5) is 20.5. The predicted octanol–water partition coefficient (Wildman–Crippen LogP) is 8.85. The fraction of sp³-hybridized carbons (Fsp3) is 0.518. The summed E-state index contributed by atoms with van der Waals surface area (Å²) in [6, 6.07) is 23.8. The van der Waals surface area contributed by atoms with Crippen LogP contribution in [0.1, 0.15) is 96.5 Å². The molecule has 0 bridgehead atoms. The molecule has 0 radical (unpaired) electrons. The normalized spacial score (nSPS) is 23.8. The Labute approximate surface area is 402 Å². The highest BCUT2D eigenvalue weighted by molar-refractivity contribution is 5.92. The number of piperidine rings is 1. The highest BCUT2D eigenvalue weighted by Crippen LogP contribution is 2.51. The number of allylic oxidation sites excluding steroid dienone is 1. The van der Waals surface area contributed by atoms with Gasteiger partial charge in [0.1, 0.15) is 0 Å². The minimum atomic E-state index is -0.682. The van der Waals surface area contributed by atoms with Crippen LogP contribution >= 0.6 is 0 Å². The van der Waals surface area contributed by atoms with Crippen molar-refractivity contribution in [2.75, 3.05) is 87.7 Å². The van der Waals surface area contributed by atoms with Gasteiger partial charge in [-0.05, 0) is 138 Å². The van der Waals surface area contributed by atoms with Crippen molar-refractivity contribution in [3.05, 3.63) is 118 Å². The van der Waals surface area contributed by atoms with Crippen molar-refractivity contribution in [2.24, 2.45) is 17.8 Å². The molecule has 5 aliphatic rings. The van der Waals surface area contributed by atoms with Crippen molar-refractivity contribution in [2.45, 2.75) is 83.1 Å². The molecule has 1 aliphatic carbocycles. The van der Waals surface area contributed by atoms with Crippen LogP contribution in [-0.4, -0.2) is 115 Å². The standard InChI is InChI=1S/C56H70N2O10/c1-7-35-34-57-19-16-37-29-50(61-3)52(63-5)31-44(37)48(57)27-39(35)28-49-45-32-53(64-6)51(62-4)30-38(45)17-20-58(49)55(60)54-33-47(42-15-11-14-41-40-13-10-9-12-36(40)26-46(41)42)43(56(68-54)67-8-2)18-22-65-24-25-66-23-21-59/h9-15,29-33,35,39,43,47-49,56,59H,7-8,16-28,34H2,1-6H3/t35-,39+,43-,47-,48-,49+,56-/m0/s1. The number of carbonyl (C=O) groups is 1. The Morgan fingerprint density at radius 1 is 0.735 bits per heavy atom. The lowest BCUT2D eigenvalue weighted by atomic mass is 9.72. The van der Waals surface area contributed by atoms with E-state index < -0.39 is 6.29 Å². The summed E-state index contributed by atoms with van der Waals surface area (Å²) in [5.41, 5.74) is 11.2. The van der Waals surface area contributed by atoms with Crippen molar-refractivity contribution < 1.29 is 47.8 Å². The summed E-state index contributed by atoms with van der Waals surface area (Å²) in [6.45, 7) is 8.77. The zero-order valence-electron chi connectivity index (χ0n) is 40.8. The molecule has 4 heterocycles. The Morgan fingerprint density at radius 2 is 1.41 bits per heavy atom. The maximum atomic E-state index is 15.7. The summed E-state index contributed by atoms with van der Waals surface area (Å²) < 4.78 is 48.3. The van der Waals surface area contributed by atoms with Gasteiger partial charge in [0.05, 0.1) is 60.9 Å². The maximum Gasteiger partial charge on any atom is 0.289 e. The van der Waals surface area contributed by atoms with Crippen LogP contribution in [0.25, 0.3) is 11.1 Å². The van der Waals surface area contributed by atoms with Gasteiger partial charge in [-0.2, -0.15) is 0 Å². The number of benzene rings is 4. The minimum absolute atomic E-state index is 0.0240. The monoisotopic (exact) mass is 931 g/mol. The van der Waals surface area contributed by atoms with Crippen LogP contribution in [0.5, 0.6) is 23.0 Å². The van der Waals surface area contributed by atoms with Crippen molar-refractivity contribution in [1.82, 2.24) is 9.80 Å². The number of carbonyl (C=O) groups excluding carboxylic acids is 1. The molecule has 1 fully saturated rings. The average Bonchev–Trinajstić information content (AvgIpc) is 3.76. The third-order valence-electron chi connectivity index (χ3n) is 15.5. The van der Waals surface area contributed by atoms with E-state index in [9.17, 15) is 0 Å². The summed E-state index contributed by atoms with van der Waals surface area (Å²) in [5, 5.41) is 9.17. The lowest BCUT2D eigenvalue weighted by Crippen LogP contribution is -2.48. The second kappa shape index (κ2) is 21.7. The SMILES string of the molecule is CCO[C@H]1OC(C(=O)N2CCc3cc(OC)c(OC)cc3[C@H]2C[C@H]2C[C@H]3c4cc(OC)c(OC)cc4CCN3C[C@@H]2CC)=C[C@@H](c2cccc3c2Cc2ccccc2-3)[C@@H]1CCOCCOCCO. The second-order valence-corrected chi connectivity index (χ2v) is 18.8. The number of hydrogen-bond donors (Lipinski definition) is 1. The molecule has 12 nitrogen and oxygen atoms in total. The summed E-state index contributed by atoms with van der Waals surface area (Å²) >= 11 is 0. The Balaban J connectivity index is 1.08. The van der Waals surface area contributed by atoms with Gasteiger partial charge in [0.15, 0.2) is 28.8 Å². The van der Waals surface area contributed by atoms with Gasteiger partial charge in [0.25, 0.3) is 5.91 Å². The molecule has 1 N–H and O–H groups in total. The fourth-order valence-corrected chi connectivity index (χ4v) is 12.1. The Bertz CT molecular complexity index is 2440. The first kappa shape index (κ1) is 47.9. The van der Waals surface area contributed by atoms with E-state index >= 15 is 4.79 Å².